The number of fused-ring (bicyclic) bond motifs is 3. The van der Waals surface area contributed by atoms with Crippen LogP contribution in [0.25, 0.3) is 10.9 Å². The van der Waals surface area contributed by atoms with Crippen molar-refractivity contribution in [1.29, 1.82) is 0 Å². The Kier molecular flexibility index (Phi) is 6.12. The minimum Gasteiger partial charge on any atom is -0.483 e. The fraction of sp³-hybridized carbons (Fsp3) is 0.333. The van der Waals surface area contributed by atoms with Crippen molar-refractivity contribution in [1.82, 2.24) is 8.87 Å². The molecule has 1 unspecified atom stereocenters. The SMILES string of the molecule is O=C1COc2cc(S(=O)(=O)n3ccc4ccc(N5CCN6CCCC6C5)cc43)ccc2N1.O=CO. The molecule has 2 saturated heterocycles. The summed E-state index contributed by atoms with van der Waals surface area (Å²) in [6.45, 7) is 3.79. The van der Waals surface area contributed by atoms with Crippen LogP contribution >= 0.6 is 0 Å². The maximum atomic E-state index is 13.5. The molecule has 1 atom stereocenters. The number of aromatic nitrogens is 1. The van der Waals surface area contributed by atoms with E-state index < -0.39 is 10.0 Å². The van der Waals surface area contributed by atoms with Crippen molar-refractivity contribution < 1.29 is 27.9 Å². The highest BCUT2D eigenvalue weighted by molar-refractivity contribution is 7.90. The molecule has 0 aliphatic carbocycles. The predicted molar refractivity (Wildman–Crippen MR) is 131 cm³/mol. The van der Waals surface area contributed by atoms with E-state index in [2.05, 4.69) is 21.2 Å². The molecule has 2 fully saturated rings. The molecule has 184 valence electrons. The molecule has 4 heterocycles. The largest absolute Gasteiger partial charge is 0.483 e. The number of anilines is 2. The Morgan fingerprint density at radius 1 is 1.09 bits per heavy atom. The molecule has 3 aliphatic heterocycles. The number of carbonyl (C=O) groups is 2. The monoisotopic (exact) mass is 498 g/mol. The molecular weight excluding hydrogens is 472 g/mol. The number of nitrogens with one attached hydrogen (secondary N) is 1. The van der Waals surface area contributed by atoms with E-state index in [1.54, 1.807) is 12.3 Å². The van der Waals surface area contributed by atoms with Crippen LogP contribution in [0.5, 0.6) is 5.75 Å². The van der Waals surface area contributed by atoms with Gasteiger partial charge in [0, 0.05) is 49.0 Å². The highest BCUT2D eigenvalue weighted by atomic mass is 32.2. The van der Waals surface area contributed by atoms with Crippen molar-refractivity contribution in [3.63, 3.8) is 0 Å². The Labute approximate surface area is 202 Å². The molecule has 3 aromatic rings. The van der Waals surface area contributed by atoms with E-state index >= 15 is 0 Å². The Bertz CT molecular complexity index is 1390. The van der Waals surface area contributed by atoms with E-state index in [0.29, 0.717) is 23.0 Å². The van der Waals surface area contributed by atoms with Crippen LogP contribution in [0, 0.1) is 0 Å². The van der Waals surface area contributed by atoms with Crippen LogP contribution in [-0.2, 0) is 19.6 Å². The van der Waals surface area contributed by atoms with Gasteiger partial charge in [0.15, 0.2) is 6.61 Å². The average molecular weight is 499 g/mol. The molecule has 0 spiro atoms. The summed E-state index contributed by atoms with van der Waals surface area (Å²) in [7, 11) is -3.83. The molecule has 2 aromatic carbocycles. The van der Waals surface area contributed by atoms with Gasteiger partial charge in [0.25, 0.3) is 22.4 Å². The minimum absolute atomic E-state index is 0.120. The molecule has 1 amide bonds. The first-order valence-electron chi connectivity index (χ1n) is 11.4. The molecule has 3 aliphatic rings. The number of amides is 1. The van der Waals surface area contributed by atoms with Gasteiger partial charge < -0.3 is 20.1 Å². The summed E-state index contributed by atoms with van der Waals surface area (Å²) >= 11 is 0. The molecule has 0 bridgehead atoms. The number of nitrogens with zero attached hydrogens (tertiary/aromatic N) is 3. The lowest BCUT2D eigenvalue weighted by atomic mass is 10.1. The predicted octanol–water partition coefficient (Wildman–Crippen LogP) is 2.19. The smallest absolute Gasteiger partial charge is 0.290 e. The Balaban J connectivity index is 0.000000806. The van der Waals surface area contributed by atoms with Gasteiger partial charge in [-0.15, -0.1) is 0 Å². The van der Waals surface area contributed by atoms with E-state index in [0.717, 1.165) is 30.7 Å². The van der Waals surface area contributed by atoms with Gasteiger partial charge in [0.2, 0.25) is 0 Å². The van der Waals surface area contributed by atoms with E-state index in [-0.39, 0.29) is 23.9 Å². The van der Waals surface area contributed by atoms with E-state index in [1.165, 1.54) is 35.5 Å². The first kappa shape index (κ1) is 23.2. The lowest BCUT2D eigenvalue weighted by Gasteiger charge is -2.38. The van der Waals surface area contributed by atoms with Gasteiger partial charge in [-0.1, -0.05) is 6.07 Å². The third kappa shape index (κ3) is 4.32. The van der Waals surface area contributed by atoms with Crippen molar-refractivity contribution in [3.05, 3.63) is 48.7 Å². The van der Waals surface area contributed by atoms with Gasteiger partial charge in [-0.3, -0.25) is 14.5 Å². The lowest BCUT2D eigenvalue weighted by molar-refractivity contribution is -0.123. The van der Waals surface area contributed by atoms with Crippen molar-refractivity contribution in [3.8, 4) is 5.75 Å². The summed E-state index contributed by atoms with van der Waals surface area (Å²) in [5.41, 5.74) is 2.19. The molecule has 1 aromatic heterocycles. The third-order valence-corrected chi connectivity index (χ3v) is 8.42. The highest BCUT2D eigenvalue weighted by Crippen LogP contribution is 2.33. The van der Waals surface area contributed by atoms with Crippen LogP contribution in [0.1, 0.15) is 12.8 Å². The van der Waals surface area contributed by atoms with Crippen molar-refractivity contribution in [2.45, 2.75) is 23.8 Å². The number of carboxylic acid groups (broad SMARTS) is 1. The van der Waals surface area contributed by atoms with Gasteiger partial charge in [0.1, 0.15) is 5.75 Å². The molecule has 0 radical (unpaired) electrons. The maximum Gasteiger partial charge on any atom is 0.290 e. The molecule has 35 heavy (non-hydrogen) atoms. The van der Waals surface area contributed by atoms with Crippen LogP contribution in [-0.4, -0.2) is 73.6 Å². The first-order valence-corrected chi connectivity index (χ1v) is 12.8. The topological polar surface area (TPSA) is 121 Å². The fourth-order valence-electron chi connectivity index (χ4n) is 5.05. The molecule has 6 rings (SSSR count). The molecular formula is C24H26N4O6S. The van der Waals surface area contributed by atoms with Crippen LogP contribution in [0.15, 0.2) is 53.6 Å². The zero-order chi connectivity index (χ0) is 24.6. The van der Waals surface area contributed by atoms with E-state index in [9.17, 15) is 13.2 Å². The van der Waals surface area contributed by atoms with Crippen LogP contribution in [0.4, 0.5) is 11.4 Å². The number of piperazine rings is 1. The van der Waals surface area contributed by atoms with Gasteiger partial charge in [-0.25, -0.2) is 12.4 Å². The number of rotatable bonds is 3. The highest BCUT2D eigenvalue weighted by Gasteiger charge is 2.31. The average Bonchev–Trinajstić information content (AvgIpc) is 3.50. The molecule has 10 nitrogen and oxygen atoms in total. The van der Waals surface area contributed by atoms with Crippen molar-refractivity contribution in [2.24, 2.45) is 0 Å². The number of hydrogen-bond acceptors (Lipinski definition) is 7. The Morgan fingerprint density at radius 3 is 2.74 bits per heavy atom. The minimum atomic E-state index is -3.83. The summed E-state index contributed by atoms with van der Waals surface area (Å²) in [6, 6.07) is 13.0. The molecule has 11 heteroatoms. The fourth-order valence-corrected chi connectivity index (χ4v) is 6.41. The number of hydrogen-bond donors (Lipinski definition) is 2. The first-order chi connectivity index (χ1) is 16.9. The number of ether oxygens (including phenoxy) is 1. The second-order valence-corrected chi connectivity index (χ2v) is 10.6. The van der Waals surface area contributed by atoms with Gasteiger partial charge >= 0.3 is 0 Å². The van der Waals surface area contributed by atoms with E-state index in [4.69, 9.17) is 14.6 Å². The zero-order valence-corrected chi connectivity index (χ0v) is 19.8. The Hall–Kier alpha value is -3.57. The molecule has 0 saturated carbocycles. The Morgan fingerprint density at radius 2 is 1.91 bits per heavy atom. The van der Waals surface area contributed by atoms with Gasteiger partial charge in [0.05, 0.1) is 16.1 Å². The summed E-state index contributed by atoms with van der Waals surface area (Å²) < 4.78 is 33.7. The second-order valence-electron chi connectivity index (χ2n) is 8.74. The number of benzene rings is 2. The van der Waals surface area contributed by atoms with Crippen LogP contribution in [0.3, 0.4) is 0 Å². The van der Waals surface area contributed by atoms with Crippen LogP contribution in [0.2, 0.25) is 0 Å². The summed E-state index contributed by atoms with van der Waals surface area (Å²) in [6.07, 6.45) is 4.08. The van der Waals surface area contributed by atoms with Gasteiger partial charge in [-0.2, -0.15) is 0 Å². The standard InChI is InChI=1S/C23H24N4O4S.CH2O2/c28-23-15-31-22-13-19(5-6-20(22)24-23)32(29,30)27-9-7-16-3-4-17(12-21(16)27)26-11-10-25-8-1-2-18(25)14-26;2-1-3/h3-7,9,12-13,18H,1-2,8,10-11,14-15H2,(H,24,28);1H,(H,2,3). The van der Waals surface area contributed by atoms with Gasteiger partial charge in [-0.05, 0) is 49.7 Å². The zero-order valence-electron chi connectivity index (χ0n) is 19.0. The summed E-state index contributed by atoms with van der Waals surface area (Å²) in [5, 5.41) is 10.5. The quantitative estimate of drug-likeness (QED) is 0.527. The maximum absolute atomic E-state index is 13.5. The lowest BCUT2D eigenvalue weighted by Crippen LogP contribution is -2.50. The van der Waals surface area contributed by atoms with Crippen LogP contribution < -0.4 is 15.0 Å². The number of carbonyl (C=O) groups excluding carboxylic acids is 1. The van der Waals surface area contributed by atoms with E-state index in [1.807, 2.05) is 18.2 Å². The normalized spacial score (nSPS) is 19.7. The van der Waals surface area contributed by atoms with Crippen molar-refractivity contribution >= 4 is 44.7 Å². The second kappa shape index (κ2) is 9.23. The third-order valence-electron chi connectivity index (χ3n) is 6.74. The molecule has 2 N–H and O–H groups in total. The van der Waals surface area contributed by atoms with Crippen molar-refractivity contribution in [2.75, 3.05) is 43.0 Å². The summed E-state index contributed by atoms with van der Waals surface area (Å²) in [4.78, 5) is 24.9. The summed E-state index contributed by atoms with van der Waals surface area (Å²) in [5.74, 6) is 0.104.